The predicted molar refractivity (Wildman–Crippen MR) is 62.7 cm³/mol. The molecule has 0 aliphatic rings. The minimum absolute atomic E-state index is 0.436. The van der Waals surface area contributed by atoms with Crippen LogP contribution in [0.25, 0.3) is 0 Å². The first-order chi connectivity index (χ1) is 8.48. The molecule has 0 radical (unpaired) electrons. The van der Waals surface area contributed by atoms with Crippen molar-refractivity contribution in [2.24, 2.45) is 0 Å². The van der Waals surface area contributed by atoms with Crippen molar-refractivity contribution in [2.75, 3.05) is 13.7 Å². The van der Waals surface area contributed by atoms with Gasteiger partial charge in [0.1, 0.15) is 5.75 Å². The van der Waals surface area contributed by atoms with E-state index in [1.54, 1.807) is 24.3 Å². The topological polar surface area (TPSA) is 18.5 Å². The number of hydrogen-bond donors (Lipinski definition) is 0. The number of ether oxygens (including phenoxy) is 2. The fraction of sp³-hybridized carbons (Fsp3) is 0.538. The predicted octanol–water partition coefficient (Wildman–Crippen LogP) is 4.12. The lowest BCUT2D eigenvalue weighted by Crippen LogP contribution is -2.16. The van der Waals surface area contributed by atoms with Crippen LogP contribution in [0.1, 0.15) is 31.4 Å². The Morgan fingerprint density at radius 3 is 2.44 bits per heavy atom. The third-order valence-electron chi connectivity index (χ3n) is 2.43. The minimum atomic E-state index is -4.27. The maximum absolute atomic E-state index is 12.4. The van der Waals surface area contributed by atoms with E-state index >= 15 is 0 Å². The van der Waals surface area contributed by atoms with E-state index in [1.807, 2.05) is 6.92 Å². The standard InChI is InChI=1S/C13H17F3O2/c1-3-8-18-11-7-5-4-6-10(11)12(17-2)9-13(14,15)16/h4-7,12H,3,8-9H2,1-2H3. The van der Waals surface area contributed by atoms with Crippen molar-refractivity contribution >= 4 is 0 Å². The number of para-hydroxylation sites is 1. The summed E-state index contributed by atoms with van der Waals surface area (Å²) in [6, 6.07) is 6.67. The molecule has 0 amide bonds. The second-order valence-electron chi connectivity index (χ2n) is 3.93. The Hall–Kier alpha value is -1.23. The molecule has 0 aliphatic heterocycles. The normalized spacial score (nSPS) is 13.4. The van der Waals surface area contributed by atoms with E-state index in [-0.39, 0.29) is 0 Å². The van der Waals surface area contributed by atoms with E-state index in [9.17, 15) is 13.2 Å². The smallest absolute Gasteiger partial charge is 0.391 e. The molecule has 18 heavy (non-hydrogen) atoms. The second-order valence-corrected chi connectivity index (χ2v) is 3.93. The number of benzene rings is 1. The van der Waals surface area contributed by atoms with Crippen molar-refractivity contribution in [2.45, 2.75) is 32.0 Å². The van der Waals surface area contributed by atoms with Crippen molar-refractivity contribution in [3.63, 3.8) is 0 Å². The molecule has 0 bridgehead atoms. The molecule has 1 atom stereocenters. The van der Waals surface area contributed by atoms with Gasteiger partial charge in [0, 0.05) is 12.7 Å². The monoisotopic (exact) mass is 262 g/mol. The molecule has 0 saturated carbocycles. The van der Waals surface area contributed by atoms with Gasteiger partial charge < -0.3 is 9.47 Å². The van der Waals surface area contributed by atoms with Crippen LogP contribution in [0.4, 0.5) is 13.2 Å². The van der Waals surface area contributed by atoms with Gasteiger partial charge in [0.05, 0.1) is 19.1 Å². The fourth-order valence-corrected chi connectivity index (χ4v) is 1.62. The van der Waals surface area contributed by atoms with Crippen LogP contribution < -0.4 is 4.74 Å². The molecule has 0 saturated heterocycles. The number of halogens is 3. The van der Waals surface area contributed by atoms with Crippen molar-refractivity contribution in [1.29, 1.82) is 0 Å². The summed E-state index contributed by atoms with van der Waals surface area (Å²) in [7, 11) is 1.27. The zero-order valence-corrected chi connectivity index (χ0v) is 10.5. The number of rotatable bonds is 6. The summed E-state index contributed by atoms with van der Waals surface area (Å²) < 4.78 is 47.7. The van der Waals surface area contributed by atoms with E-state index in [0.29, 0.717) is 17.9 Å². The number of methoxy groups -OCH3 is 1. The van der Waals surface area contributed by atoms with E-state index in [1.165, 1.54) is 7.11 Å². The quantitative estimate of drug-likeness (QED) is 0.768. The van der Waals surface area contributed by atoms with Crippen LogP contribution >= 0.6 is 0 Å². The van der Waals surface area contributed by atoms with Gasteiger partial charge in [0.15, 0.2) is 0 Å². The van der Waals surface area contributed by atoms with Gasteiger partial charge in [0.2, 0.25) is 0 Å². The molecule has 102 valence electrons. The third kappa shape index (κ3) is 4.56. The lowest BCUT2D eigenvalue weighted by atomic mass is 10.1. The molecule has 0 heterocycles. The van der Waals surface area contributed by atoms with Crippen LogP contribution in [0.3, 0.4) is 0 Å². The minimum Gasteiger partial charge on any atom is -0.493 e. The summed E-state index contributed by atoms with van der Waals surface area (Å²) >= 11 is 0. The van der Waals surface area contributed by atoms with E-state index < -0.39 is 18.7 Å². The van der Waals surface area contributed by atoms with Gasteiger partial charge in [0.25, 0.3) is 0 Å². The SMILES string of the molecule is CCCOc1ccccc1C(CC(F)(F)F)OC. The highest BCUT2D eigenvalue weighted by Crippen LogP contribution is 2.35. The molecule has 0 aliphatic carbocycles. The zero-order chi connectivity index (χ0) is 13.6. The summed E-state index contributed by atoms with van der Waals surface area (Å²) in [4.78, 5) is 0. The fourth-order valence-electron chi connectivity index (χ4n) is 1.62. The highest BCUT2D eigenvalue weighted by molar-refractivity contribution is 5.35. The molecule has 0 aromatic heterocycles. The Labute approximate surface area is 105 Å². The van der Waals surface area contributed by atoms with Gasteiger partial charge in [-0.1, -0.05) is 25.1 Å². The average Bonchev–Trinajstić information content (AvgIpc) is 2.33. The summed E-state index contributed by atoms with van der Waals surface area (Å²) in [5.74, 6) is 0.454. The highest BCUT2D eigenvalue weighted by Gasteiger charge is 2.33. The molecular formula is C13H17F3O2. The average molecular weight is 262 g/mol. The van der Waals surface area contributed by atoms with Crippen LogP contribution in [0.5, 0.6) is 5.75 Å². The first-order valence-corrected chi connectivity index (χ1v) is 5.79. The molecule has 0 spiro atoms. The first kappa shape index (κ1) is 14.8. The van der Waals surface area contributed by atoms with Gasteiger partial charge in [-0.2, -0.15) is 13.2 Å². The van der Waals surface area contributed by atoms with Crippen LogP contribution in [0.2, 0.25) is 0 Å². The third-order valence-corrected chi connectivity index (χ3v) is 2.43. The Bertz CT molecular complexity index is 363. The first-order valence-electron chi connectivity index (χ1n) is 5.79. The summed E-state index contributed by atoms with van der Waals surface area (Å²) in [5.41, 5.74) is 0.436. The Morgan fingerprint density at radius 1 is 1.22 bits per heavy atom. The number of alkyl halides is 3. The molecule has 1 unspecified atom stereocenters. The maximum atomic E-state index is 12.4. The summed E-state index contributed by atoms with van der Waals surface area (Å²) in [6.45, 7) is 2.41. The molecular weight excluding hydrogens is 245 g/mol. The van der Waals surface area contributed by atoms with Gasteiger partial charge in [-0.25, -0.2) is 0 Å². The molecule has 1 aromatic rings. The maximum Gasteiger partial charge on any atom is 0.391 e. The van der Waals surface area contributed by atoms with Gasteiger partial charge >= 0.3 is 6.18 Å². The molecule has 0 N–H and O–H groups in total. The van der Waals surface area contributed by atoms with Crippen LogP contribution in [0, 0.1) is 0 Å². The van der Waals surface area contributed by atoms with Gasteiger partial charge in [-0.05, 0) is 12.5 Å². The summed E-state index contributed by atoms with van der Waals surface area (Å²) in [5, 5.41) is 0. The zero-order valence-electron chi connectivity index (χ0n) is 10.5. The largest absolute Gasteiger partial charge is 0.493 e. The van der Waals surface area contributed by atoms with Crippen LogP contribution in [0.15, 0.2) is 24.3 Å². The van der Waals surface area contributed by atoms with Crippen molar-refractivity contribution < 1.29 is 22.6 Å². The van der Waals surface area contributed by atoms with Crippen LogP contribution in [-0.4, -0.2) is 19.9 Å². The van der Waals surface area contributed by atoms with E-state index in [0.717, 1.165) is 6.42 Å². The molecule has 0 fully saturated rings. The Balaban J connectivity index is 2.90. The van der Waals surface area contributed by atoms with Crippen molar-refractivity contribution in [3.05, 3.63) is 29.8 Å². The summed E-state index contributed by atoms with van der Waals surface area (Å²) in [6.07, 6.45) is -5.52. The molecule has 1 aromatic carbocycles. The highest BCUT2D eigenvalue weighted by atomic mass is 19.4. The molecule has 5 heteroatoms. The lowest BCUT2D eigenvalue weighted by molar-refractivity contribution is -0.158. The van der Waals surface area contributed by atoms with Gasteiger partial charge in [-0.3, -0.25) is 0 Å². The van der Waals surface area contributed by atoms with E-state index in [4.69, 9.17) is 9.47 Å². The van der Waals surface area contributed by atoms with E-state index in [2.05, 4.69) is 0 Å². The molecule has 1 rings (SSSR count). The van der Waals surface area contributed by atoms with Crippen molar-refractivity contribution in [3.8, 4) is 5.75 Å². The number of hydrogen-bond acceptors (Lipinski definition) is 2. The molecule has 2 nitrogen and oxygen atoms in total. The second kappa shape index (κ2) is 6.64. The van der Waals surface area contributed by atoms with Crippen molar-refractivity contribution in [1.82, 2.24) is 0 Å². The Kier molecular flexibility index (Phi) is 5.47. The Morgan fingerprint density at radius 2 is 1.89 bits per heavy atom. The lowest BCUT2D eigenvalue weighted by Gasteiger charge is -2.20. The van der Waals surface area contributed by atoms with Crippen LogP contribution in [-0.2, 0) is 4.74 Å². The van der Waals surface area contributed by atoms with Gasteiger partial charge in [-0.15, -0.1) is 0 Å².